The summed E-state index contributed by atoms with van der Waals surface area (Å²) in [6.45, 7) is 12.5. The Labute approximate surface area is 252 Å². The SMILES string of the molecule is Cc1nc(C(=O)c2cc(CO[Si](c3ccccc3)(c3ccccc3)C(C)(C)C)c(N3C[C@@H](C)O[C@@H](C)C3)c(F)c2F)co1. The van der Waals surface area contributed by atoms with Gasteiger partial charge >= 0.3 is 0 Å². The second-order valence-corrected chi connectivity index (χ2v) is 16.6. The molecule has 1 saturated heterocycles. The Morgan fingerprint density at radius 2 is 1.53 bits per heavy atom. The Hall–Kier alpha value is -3.66. The molecule has 0 amide bonds. The van der Waals surface area contributed by atoms with Crippen molar-refractivity contribution < 1.29 is 27.2 Å². The van der Waals surface area contributed by atoms with Crippen LogP contribution in [0.1, 0.15) is 62.1 Å². The molecule has 0 saturated carbocycles. The number of hydrogen-bond acceptors (Lipinski definition) is 6. The number of rotatable bonds is 8. The lowest BCUT2D eigenvalue weighted by molar-refractivity contribution is -0.00553. The summed E-state index contributed by atoms with van der Waals surface area (Å²) in [5.41, 5.74) is -0.0250. The second-order valence-electron chi connectivity index (χ2n) is 12.3. The number of morpholine rings is 1. The van der Waals surface area contributed by atoms with E-state index in [9.17, 15) is 4.79 Å². The zero-order valence-corrected chi connectivity index (χ0v) is 26.5. The topological polar surface area (TPSA) is 64.8 Å². The predicted octanol–water partition coefficient (Wildman–Crippen LogP) is 6.18. The molecule has 2 atom stereocenters. The lowest BCUT2D eigenvalue weighted by atomic mass is 10.0. The Balaban J connectivity index is 1.68. The van der Waals surface area contributed by atoms with E-state index >= 15 is 8.78 Å². The van der Waals surface area contributed by atoms with Crippen molar-refractivity contribution in [2.24, 2.45) is 0 Å². The molecule has 1 aliphatic rings. The molecular weight excluding hydrogens is 566 g/mol. The Bertz CT molecular complexity index is 1540. The zero-order valence-electron chi connectivity index (χ0n) is 25.5. The third kappa shape index (κ3) is 5.94. The molecule has 3 aromatic carbocycles. The number of benzene rings is 3. The van der Waals surface area contributed by atoms with E-state index in [0.29, 0.717) is 18.7 Å². The van der Waals surface area contributed by atoms with E-state index in [2.05, 4.69) is 50.0 Å². The molecule has 4 aromatic rings. The molecule has 43 heavy (non-hydrogen) atoms. The summed E-state index contributed by atoms with van der Waals surface area (Å²) in [5.74, 6) is -2.81. The van der Waals surface area contributed by atoms with E-state index in [0.717, 1.165) is 16.6 Å². The number of carbonyl (C=O) groups excluding carboxylic acids is 1. The maximum absolute atomic E-state index is 16.2. The quantitative estimate of drug-likeness (QED) is 0.177. The van der Waals surface area contributed by atoms with Gasteiger partial charge in [0.05, 0.1) is 30.1 Å². The zero-order chi connectivity index (χ0) is 30.9. The van der Waals surface area contributed by atoms with Gasteiger partial charge in [0.1, 0.15) is 12.0 Å². The molecule has 0 N–H and O–H groups in total. The Morgan fingerprint density at radius 3 is 2.02 bits per heavy atom. The van der Waals surface area contributed by atoms with E-state index in [4.69, 9.17) is 13.6 Å². The van der Waals surface area contributed by atoms with Crippen molar-refractivity contribution in [3.8, 4) is 0 Å². The molecule has 0 radical (unpaired) electrons. The van der Waals surface area contributed by atoms with E-state index in [1.807, 2.05) is 50.2 Å². The first-order valence-electron chi connectivity index (χ1n) is 14.6. The smallest absolute Gasteiger partial charge is 0.261 e. The molecular formula is C34H38F2N2O4Si. The molecule has 5 rings (SSSR count). The van der Waals surface area contributed by atoms with Gasteiger partial charge in [-0.1, -0.05) is 81.4 Å². The van der Waals surface area contributed by atoms with Crippen molar-refractivity contribution >= 4 is 30.2 Å². The maximum Gasteiger partial charge on any atom is 0.261 e. The van der Waals surface area contributed by atoms with Crippen LogP contribution in [0.3, 0.4) is 0 Å². The first kappa shape index (κ1) is 30.8. The van der Waals surface area contributed by atoms with Gasteiger partial charge in [0.15, 0.2) is 17.5 Å². The molecule has 2 heterocycles. The van der Waals surface area contributed by atoms with E-state index in [-0.39, 0.29) is 41.1 Å². The number of nitrogens with zero attached hydrogens (tertiary/aromatic N) is 2. The van der Waals surface area contributed by atoms with Crippen LogP contribution in [0.25, 0.3) is 0 Å². The van der Waals surface area contributed by atoms with Gasteiger partial charge in [0.25, 0.3) is 8.32 Å². The summed E-state index contributed by atoms with van der Waals surface area (Å²) < 4.78 is 50.2. The molecule has 1 fully saturated rings. The van der Waals surface area contributed by atoms with Crippen LogP contribution >= 0.6 is 0 Å². The van der Waals surface area contributed by atoms with E-state index in [1.54, 1.807) is 11.8 Å². The molecule has 0 unspecified atom stereocenters. The monoisotopic (exact) mass is 604 g/mol. The first-order chi connectivity index (χ1) is 20.4. The number of oxazole rings is 1. The van der Waals surface area contributed by atoms with Crippen molar-refractivity contribution in [3.05, 3.63) is 107 Å². The number of ketones is 1. The molecule has 9 heteroatoms. The highest BCUT2D eigenvalue weighted by atomic mass is 28.4. The summed E-state index contributed by atoms with van der Waals surface area (Å²) in [6, 6.07) is 21.6. The van der Waals surface area contributed by atoms with Crippen LogP contribution in [0.15, 0.2) is 77.4 Å². The van der Waals surface area contributed by atoms with Gasteiger partial charge in [-0.2, -0.15) is 0 Å². The molecule has 1 aliphatic heterocycles. The summed E-state index contributed by atoms with van der Waals surface area (Å²) in [5, 5.41) is 1.77. The third-order valence-corrected chi connectivity index (χ3v) is 12.9. The standard InChI is InChI=1S/C34H38F2N2O4Si/c1-22-18-38(19-23(2)42-22)32-25(17-28(30(35)31(32)36)33(39)29-21-40-24(3)37-29)20-41-43(34(4,5)6,26-13-9-7-10-14-26)27-15-11-8-12-16-27/h7-17,21-23H,18-20H2,1-6H3/t22-,23+. The normalized spacial score (nSPS) is 17.7. The first-order valence-corrected chi connectivity index (χ1v) is 16.5. The van der Waals surface area contributed by atoms with E-state index in [1.165, 1.54) is 6.07 Å². The molecule has 0 spiro atoms. The summed E-state index contributed by atoms with van der Waals surface area (Å²) in [6.07, 6.45) is 0.763. The number of halogens is 2. The third-order valence-electron chi connectivity index (χ3n) is 7.95. The fourth-order valence-electron chi connectivity index (χ4n) is 6.20. The average Bonchev–Trinajstić information content (AvgIpc) is 3.41. The molecule has 0 aliphatic carbocycles. The number of carbonyl (C=O) groups is 1. The van der Waals surface area contributed by atoms with Gasteiger partial charge in [0.2, 0.25) is 5.78 Å². The molecule has 226 valence electrons. The van der Waals surface area contributed by atoms with Crippen LogP contribution in [0.4, 0.5) is 14.5 Å². The van der Waals surface area contributed by atoms with Gasteiger partial charge < -0.3 is 18.5 Å². The minimum atomic E-state index is -3.04. The van der Waals surface area contributed by atoms with Crippen molar-refractivity contribution in [3.63, 3.8) is 0 Å². The Morgan fingerprint density at radius 1 is 0.977 bits per heavy atom. The van der Waals surface area contributed by atoms with E-state index < -0.39 is 31.3 Å². The number of aromatic nitrogens is 1. The molecule has 0 bridgehead atoms. The van der Waals surface area contributed by atoms with Crippen molar-refractivity contribution in [1.29, 1.82) is 0 Å². The molecule has 6 nitrogen and oxygen atoms in total. The van der Waals surface area contributed by atoms with Gasteiger partial charge in [-0.25, -0.2) is 13.8 Å². The van der Waals surface area contributed by atoms with Crippen LogP contribution in [0.5, 0.6) is 0 Å². The second kappa shape index (κ2) is 12.1. The highest BCUT2D eigenvalue weighted by Gasteiger charge is 2.50. The van der Waals surface area contributed by atoms with Gasteiger partial charge in [-0.05, 0) is 35.3 Å². The molecule has 1 aromatic heterocycles. The number of hydrogen-bond donors (Lipinski definition) is 0. The van der Waals surface area contributed by atoms with Crippen LogP contribution in [0, 0.1) is 18.6 Å². The fourth-order valence-corrected chi connectivity index (χ4v) is 10.7. The number of ether oxygens (including phenoxy) is 1. The van der Waals surface area contributed by atoms with Crippen molar-refractivity contribution in [1.82, 2.24) is 4.98 Å². The van der Waals surface area contributed by atoms with Crippen molar-refractivity contribution in [2.45, 2.75) is 65.4 Å². The summed E-state index contributed by atoms with van der Waals surface area (Å²) in [7, 11) is -3.04. The van der Waals surface area contributed by atoms with Crippen LogP contribution in [-0.4, -0.2) is 44.4 Å². The highest BCUT2D eigenvalue weighted by Crippen LogP contribution is 2.39. The van der Waals surface area contributed by atoms with Gasteiger partial charge in [-0.15, -0.1) is 0 Å². The van der Waals surface area contributed by atoms with Crippen LogP contribution in [-0.2, 0) is 15.8 Å². The number of aryl methyl sites for hydroxylation is 1. The maximum atomic E-state index is 16.2. The summed E-state index contributed by atoms with van der Waals surface area (Å²) >= 11 is 0. The minimum Gasteiger partial charge on any atom is -0.449 e. The minimum absolute atomic E-state index is 0.0436. The van der Waals surface area contributed by atoms with Gasteiger partial charge in [0, 0.05) is 25.6 Å². The largest absolute Gasteiger partial charge is 0.449 e. The lowest BCUT2D eigenvalue weighted by Gasteiger charge is -2.43. The van der Waals surface area contributed by atoms with Crippen LogP contribution in [0.2, 0.25) is 5.04 Å². The Kier molecular flexibility index (Phi) is 8.69. The highest BCUT2D eigenvalue weighted by molar-refractivity contribution is 6.99. The fraction of sp³-hybridized carbons (Fsp3) is 0.353. The number of anilines is 1. The summed E-state index contributed by atoms with van der Waals surface area (Å²) in [4.78, 5) is 19.2. The lowest BCUT2D eigenvalue weighted by Crippen LogP contribution is -2.66. The average molecular weight is 605 g/mol. The van der Waals surface area contributed by atoms with Crippen molar-refractivity contribution in [2.75, 3.05) is 18.0 Å². The van der Waals surface area contributed by atoms with Gasteiger partial charge in [-0.3, -0.25) is 4.79 Å². The van der Waals surface area contributed by atoms with Crippen LogP contribution < -0.4 is 15.3 Å². The predicted molar refractivity (Wildman–Crippen MR) is 166 cm³/mol.